The van der Waals surface area contributed by atoms with Gasteiger partial charge in [0.1, 0.15) is 11.7 Å². The molecular weight excluding hydrogens is 449 g/mol. The van der Waals surface area contributed by atoms with E-state index in [1.807, 2.05) is 13.1 Å². The zero-order chi connectivity index (χ0) is 24.1. The summed E-state index contributed by atoms with van der Waals surface area (Å²) < 4.78 is 45.2. The van der Waals surface area contributed by atoms with Gasteiger partial charge in [0, 0.05) is 19.3 Å². The van der Waals surface area contributed by atoms with Gasteiger partial charge in [-0.25, -0.2) is 4.99 Å². The predicted octanol–water partition coefficient (Wildman–Crippen LogP) is 3.45. The topological polar surface area (TPSA) is 86.5 Å². The van der Waals surface area contributed by atoms with E-state index in [1.54, 1.807) is 0 Å². The number of likely N-dealkylation sites (tertiary alicyclic amines) is 1. The third-order valence-corrected chi connectivity index (χ3v) is 7.73. The van der Waals surface area contributed by atoms with Crippen LogP contribution in [0.3, 0.4) is 0 Å². The van der Waals surface area contributed by atoms with Crippen molar-refractivity contribution in [2.75, 3.05) is 19.7 Å². The maximum absolute atomic E-state index is 13.1. The third kappa shape index (κ3) is 4.28. The minimum absolute atomic E-state index is 0.231. The van der Waals surface area contributed by atoms with Crippen LogP contribution in [-0.4, -0.2) is 71.6 Å². The number of rotatable bonds is 3. The van der Waals surface area contributed by atoms with Gasteiger partial charge in [0.15, 0.2) is 0 Å². The molecule has 4 heterocycles. The summed E-state index contributed by atoms with van der Waals surface area (Å²) in [6.45, 7) is 3.85. The van der Waals surface area contributed by atoms with Crippen molar-refractivity contribution < 1.29 is 27.8 Å². The maximum atomic E-state index is 13.1. The molecule has 4 unspecified atom stereocenters. The Morgan fingerprint density at radius 3 is 2.65 bits per heavy atom. The Bertz CT molecular complexity index is 997. The predicted molar refractivity (Wildman–Crippen MR) is 121 cm³/mol. The number of amidine groups is 1. The van der Waals surface area contributed by atoms with Crippen molar-refractivity contribution in [3.63, 3.8) is 0 Å². The second-order valence-electron chi connectivity index (χ2n) is 10.1. The van der Waals surface area contributed by atoms with Gasteiger partial charge >= 0.3 is 12.1 Å². The number of hydrogen-bond donors (Lipinski definition) is 2. The molecule has 1 spiro atoms. The summed E-state index contributed by atoms with van der Waals surface area (Å²) in [6.07, 6.45) is 7.11. The van der Waals surface area contributed by atoms with Crippen molar-refractivity contribution in [2.45, 2.75) is 62.9 Å². The molecule has 0 saturated carbocycles. The smallest absolute Gasteiger partial charge is 0.416 e. The monoisotopic (exact) mass is 478 g/mol. The number of fused-ring (bicyclic) bond motifs is 1. The standard InChI is InChI=1S/C24H29F3N4O3/c1-22(21-29-17-3-2-16(24(25,26)27)12-18(17)30-21)6-5-19(28-14-22)31-10-8-23(9-11-31)7-4-15(13-34-23)20(32)33/h2-3,5,12,14-15,17-18H,4,6-11,13H2,1H3,(H,29,30)(H,32,33). The van der Waals surface area contributed by atoms with Gasteiger partial charge < -0.3 is 20.1 Å². The number of carbonyl (C=O) groups is 1. The fourth-order valence-corrected chi connectivity index (χ4v) is 5.35. The van der Waals surface area contributed by atoms with Crippen molar-refractivity contribution >= 4 is 18.0 Å². The highest BCUT2D eigenvalue weighted by molar-refractivity contribution is 6.03. The first kappa shape index (κ1) is 23.1. The van der Waals surface area contributed by atoms with Gasteiger partial charge in [-0.15, -0.1) is 0 Å². The molecule has 2 fully saturated rings. The molecule has 2 saturated heterocycles. The summed E-state index contributed by atoms with van der Waals surface area (Å²) in [4.78, 5) is 22.8. The van der Waals surface area contributed by atoms with E-state index in [2.05, 4.69) is 21.3 Å². The molecule has 7 nitrogen and oxygen atoms in total. The van der Waals surface area contributed by atoms with E-state index in [1.165, 1.54) is 12.2 Å². The van der Waals surface area contributed by atoms with Crippen LogP contribution in [0.1, 0.15) is 39.0 Å². The zero-order valence-electron chi connectivity index (χ0n) is 19.0. The highest BCUT2D eigenvalue weighted by Crippen LogP contribution is 2.39. The normalized spacial score (nSPS) is 34.8. The number of aliphatic imine (C=N–C) groups is 2. The van der Waals surface area contributed by atoms with Crippen LogP contribution < -0.4 is 5.32 Å². The number of ether oxygens (including phenoxy) is 1. The van der Waals surface area contributed by atoms with Crippen molar-refractivity contribution in [1.82, 2.24) is 10.2 Å². The second kappa shape index (κ2) is 8.25. The zero-order valence-corrected chi connectivity index (χ0v) is 19.0. The highest BCUT2D eigenvalue weighted by atomic mass is 19.4. The number of hydrogen-bond acceptors (Lipinski definition) is 6. The Kier molecular flexibility index (Phi) is 5.61. The van der Waals surface area contributed by atoms with Crippen LogP contribution in [0, 0.1) is 11.3 Å². The van der Waals surface area contributed by atoms with E-state index in [0.29, 0.717) is 18.7 Å². The summed E-state index contributed by atoms with van der Waals surface area (Å²) in [6, 6.07) is -0.840. The molecule has 0 radical (unpaired) electrons. The minimum Gasteiger partial charge on any atom is -0.481 e. The Hall–Kier alpha value is -2.62. The van der Waals surface area contributed by atoms with Crippen LogP contribution in [0.2, 0.25) is 0 Å². The summed E-state index contributed by atoms with van der Waals surface area (Å²) in [5.41, 5.74) is -1.38. The number of nitrogens with one attached hydrogen (secondary N) is 1. The van der Waals surface area contributed by atoms with E-state index in [-0.39, 0.29) is 18.2 Å². The van der Waals surface area contributed by atoms with Gasteiger partial charge in [-0.1, -0.05) is 12.2 Å². The van der Waals surface area contributed by atoms with Gasteiger partial charge in [0.25, 0.3) is 0 Å². The number of carboxylic acids is 1. The lowest BCUT2D eigenvalue weighted by atomic mass is 9.81. The van der Waals surface area contributed by atoms with Crippen molar-refractivity contribution in [1.29, 1.82) is 0 Å². The minimum atomic E-state index is -4.37. The number of aliphatic carboxylic acids is 1. The summed E-state index contributed by atoms with van der Waals surface area (Å²) in [5.74, 6) is 0.355. The molecule has 5 rings (SSSR count). The van der Waals surface area contributed by atoms with Crippen molar-refractivity contribution in [3.05, 3.63) is 35.7 Å². The van der Waals surface area contributed by atoms with Crippen LogP contribution in [0.4, 0.5) is 13.2 Å². The number of alkyl halides is 3. The molecule has 1 aliphatic carbocycles. The van der Waals surface area contributed by atoms with Crippen LogP contribution >= 0.6 is 0 Å². The number of nitrogens with zero attached hydrogens (tertiary/aromatic N) is 3. The quantitative estimate of drug-likeness (QED) is 0.649. The molecule has 0 aromatic rings. The first-order chi connectivity index (χ1) is 16.1. The van der Waals surface area contributed by atoms with Crippen molar-refractivity contribution in [3.8, 4) is 0 Å². The van der Waals surface area contributed by atoms with Crippen molar-refractivity contribution in [2.24, 2.45) is 21.3 Å². The molecule has 0 aromatic heterocycles. The van der Waals surface area contributed by atoms with Gasteiger partial charge in [-0.3, -0.25) is 9.79 Å². The first-order valence-electron chi connectivity index (χ1n) is 11.8. The molecule has 0 bridgehead atoms. The SMILES string of the molecule is CC1(C2=NC3C=CC(C(F)(F)F)=CC3N2)C=NC(N2CCC3(CCC(C(=O)O)CO3)CC2)=CC1. The summed E-state index contributed by atoms with van der Waals surface area (Å²) in [5, 5.41) is 12.4. The van der Waals surface area contributed by atoms with Crippen LogP contribution in [0.15, 0.2) is 45.7 Å². The molecular formula is C24H29F3N4O3. The van der Waals surface area contributed by atoms with Gasteiger partial charge in [0.05, 0.1) is 41.2 Å². The van der Waals surface area contributed by atoms with Gasteiger partial charge in [0.2, 0.25) is 0 Å². The van der Waals surface area contributed by atoms with E-state index < -0.39 is 35.1 Å². The summed E-state index contributed by atoms with van der Waals surface area (Å²) >= 11 is 0. The van der Waals surface area contributed by atoms with Crippen LogP contribution in [-0.2, 0) is 9.53 Å². The van der Waals surface area contributed by atoms with Crippen LogP contribution in [0.5, 0.6) is 0 Å². The molecule has 0 amide bonds. The lowest BCUT2D eigenvalue weighted by Gasteiger charge is -2.46. The molecule has 4 atom stereocenters. The number of halogens is 3. The molecule has 0 aromatic carbocycles. The lowest BCUT2D eigenvalue weighted by Crippen LogP contribution is -2.49. The Morgan fingerprint density at radius 1 is 1.29 bits per heavy atom. The molecule has 4 aliphatic heterocycles. The van der Waals surface area contributed by atoms with E-state index >= 15 is 0 Å². The second-order valence-corrected chi connectivity index (χ2v) is 10.1. The van der Waals surface area contributed by atoms with Crippen LogP contribution in [0.25, 0.3) is 0 Å². The molecule has 5 aliphatic rings. The average molecular weight is 479 g/mol. The van der Waals surface area contributed by atoms with E-state index in [4.69, 9.17) is 9.73 Å². The van der Waals surface area contributed by atoms with E-state index in [0.717, 1.165) is 44.2 Å². The number of carboxylic acid groups (broad SMARTS) is 1. The Morgan fingerprint density at radius 2 is 2.06 bits per heavy atom. The number of piperidine rings is 1. The molecule has 184 valence electrons. The Balaban J connectivity index is 1.18. The maximum Gasteiger partial charge on any atom is 0.416 e. The fourth-order valence-electron chi connectivity index (χ4n) is 5.35. The van der Waals surface area contributed by atoms with E-state index in [9.17, 15) is 23.1 Å². The highest BCUT2D eigenvalue weighted by Gasteiger charge is 2.43. The number of allylic oxidation sites excluding steroid dienone is 3. The fraction of sp³-hybridized carbons (Fsp3) is 0.625. The first-order valence-corrected chi connectivity index (χ1v) is 11.8. The van der Waals surface area contributed by atoms with Gasteiger partial charge in [-0.05, 0) is 51.2 Å². The molecule has 2 N–H and O–H groups in total. The lowest BCUT2D eigenvalue weighted by molar-refractivity contribution is -0.161. The third-order valence-electron chi connectivity index (χ3n) is 7.73. The summed E-state index contributed by atoms with van der Waals surface area (Å²) in [7, 11) is 0. The van der Waals surface area contributed by atoms with Gasteiger partial charge in [-0.2, -0.15) is 13.2 Å². The average Bonchev–Trinajstić information content (AvgIpc) is 3.25. The largest absolute Gasteiger partial charge is 0.481 e. The Labute approximate surface area is 196 Å². The molecule has 34 heavy (non-hydrogen) atoms. The molecule has 10 heteroatoms.